The Bertz CT molecular complexity index is 971. The Hall–Kier alpha value is -1.98. The molecule has 3 N–H and O–H groups in total. The number of carbonyl (C=O) groups excluding carboxylic acids is 1. The molecule has 0 saturated carbocycles. The van der Waals surface area contributed by atoms with Gasteiger partial charge in [0.2, 0.25) is 17.6 Å². The van der Waals surface area contributed by atoms with Crippen molar-refractivity contribution in [2.45, 2.75) is 26.3 Å². The van der Waals surface area contributed by atoms with Gasteiger partial charge in [0, 0.05) is 37.3 Å². The van der Waals surface area contributed by atoms with Gasteiger partial charge in [-0.2, -0.15) is 4.98 Å². The molecule has 0 spiro atoms. The number of carbonyl (C=O) groups is 2. The fraction of sp³-hybridized carbons (Fsp3) is 0.222. The van der Waals surface area contributed by atoms with Gasteiger partial charge >= 0.3 is 57.4 Å². The number of hydrogen-bond acceptors (Lipinski definition) is 6. The second-order valence-electron chi connectivity index (χ2n) is 5.83. The fourth-order valence-corrected chi connectivity index (χ4v) is 2.48. The Labute approximate surface area is 204 Å². The molecule has 1 amide bonds. The third kappa shape index (κ3) is 5.52. The summed E-state index contributed by atoms with van der Waals surface area (Å²) in [5, 5.41) is 25.0. The molecule has 0 saturated heterocycles. The number of nitrogens with zero attached hydrogens (tertiary/aromatic N) is 3. The molecule has 3 aromatic rings. The first-order valence-corrected chi connectivity index (χ1v) is 8.31. The molecule has 0 aliphatic rings. The number of amides is 1. The Morgan fingerprint density at radius 2 is 1.96 bits per heavy atom. The summed E-state index contributed by atoms with van der Waals surface area (Å²) in [6.45, 7) is 2.47. The van der Waals surface area contributed by atoms with Gasteiger partial charge in [0.1, 0.15) is 11.3 Å². The molecule has 0 unspecified atom stereocenters. The molecule has 142 valence electrons. The summed E-state index contributed by atoms with van der Waals surface area (Å²) in [4.78, 5) is 27.6. The Kier molecular flexibility index (Phi) is 7.95. The smallest absolute Gasteiger partial charge is 1.00 e. The number of aryl methyl sites for hydroxylation is 2. The Balaban J connectivity index is 0.00000210. The minimum Gasteiger partial charge on any atom is -1.00 e. The fourth-order valence-electron chi connectivity index (χ4n) is 2.48. The van der Waals surface area contributed by atoms with Crippen LogP contribution in [0.3, 0.4) is 0 Å². The zero-order valence-electron chi connectivity index (χ0n) is 16.5. The van der Waals surface area contributed by atoms with Crippen LogP contribution in [-0.4, -0.2) is 36.8 Å². The molecule has 2 aromatic heterocycles. The summed E-state index contributed by atoms with van der Waals surface area (Å²) in [5.74, 6) is -0.670. The summed E-state index contributed by atoms with van der Waals surface area (Å²) in [5.41, 5.74) is 0.974. The van der Waals surface area contributed by atoms with Gasteiger partial charge in [-0.15, -0.1) is 0 Å². The molecule has 9 nitrogen and oxygen atoms in total. The van der Waals surface area contributed by atoms with Crippen molar-refractivity contribution in [3.05, 3.63) is 48.1 Å². The van der Waals surface area contributed by atoms with Gasteiger partial charge in [-0.25, -0.2) is 4.79 Å². The molecule has 0 radical (unpaired) electrons. The molecular weight excluding hydrogens is 391 g/mol. The number of anilines is 1. The second kappa shape index (κ2) is 9.98. The van der Waals surface area contributed by atoms with Crippen LogP contribution in [0.5, 0.6) is 5.75 Å². The normalized spacial score (nSPS) is 10.3. The third-order valence-electron chi connectivity index (χ3n) is 3.91. The van der Waals surface area contributed by atoms with E-state index in [1.807, 2.05) is 6.92 Å². The zero-order valence-corrected chi connectivity index (χ0v) is 18.7. The van der Waals surface area contributed by atoms with Gasteiger partial charge < -0.3 is 26.0 Å². The topological polar surface area (TPSA) is 130 Å². The molecule has 3 rings (SSSR count). The predicted octanol–water partition coefficient (Wildman–Crippen LogP) is -0.350. The van der Waals surface area contributed by atoms with Crippen molar-refractivity contribution < 1.29 is 77.1 Å². The predicted molar refractivity (Wildman–Crippen MR) is 96.5 cm³/mol. The van der Waals surface area contributed by atoms with Crippen molar-refractivity contribution in [1.29, 1.82) is 0 Å². The van der Waals surface area contributed by atoms with E-state index in [9.17, 15) is 19.8 Å². The van der Waals surface area contributed by atoms with Crippen molar-refractivity contribution in [2.75, 3.05) is 5.32 Å². The number of aromatic hydroxyl groups is 1. The van der Waals surface area contributed by atoms with E-state index in [-0.39, 0.29) is 94.5 Å². The van der Waals surface area contributed by atoms with Crippen LogP contribution in [-0.2, 0) is 17.8 Å². The first-order chi connectivity index (χ1) is 13.0. The molecule has 2 heterocycles. The molecule has 0 atom stereocenters. The second-order valence-corrected chi connectivity index (χ2v) is 5.83. The van der Waals surface area contributed by atoms with E-state index in [0.717, 1.165) is 0 Å². The van der Waals surface area contributed by atoms with Crippen molar-refractivity contribution in [3.8, 4) is 17.1 Å². The van der Waals surface area contributed by atoms with E-state index in [2.05, 4.69) is 15.5 Å². The molecule has 10 heteroatoms. The van der Waals surface area contributed by atoms with Crippen LogP contribution >= 0.6 is 0 Å². The average molecular weight is 410 g/mol. The number of benzene rings is 1. The maximum atomic E-state index is 12.1. The number of rotatable bonds is 7. The van der Waals surface area contributed by atoms with Gasteiger partial charge in [0.05, 0.1) is 5.69 Å². The number of nitrogens with one attached hydrogen (secondary N) is 1. The molecule has 28 heavy (non-hydrogen) atoms. The minimum atomic E-state index is -1.10. The quantitative estimate of drug-likeness (QED) is 0.454. The van der Waals surface area contributed by atoms with Crippen LogP contribution in [0, 0.1) is 0 Å². The number of carboxylic acid groups (broad SMARTS) is 1. The van der Waals surface area contributed by atoms with E-state index in [1.54, 1.807) is 22.9 Å². The zero-order chi connectivity index (χ0) is 19.4. The molecule has 0 fully saturated rings. The molecule has 0 aliphatic heterocycles. The number of hydrogen-bond donors (Lipinski definition) is 3. The van der Waals surface area contributed by atoms with Gasteiger partial charge in [0.15, 0.2) is 0 Å². The Morgan fingerprint density at radius 1 is 1.25 bits per heavy atom. The maximum Gasteiger partial charge on any atom is 1.00 e. The van der Waals surface area contributed by atoms with Crippen LogP contribution in [0.1, 0.15) is 31.0 Å². The summed E-state index contributed by atoms with van der Waals surface area (Å²) in [6.07, 6.45) is 3.33. The monoisotopic (exact) mass is 410 g/mol. The van der Waals surface area contributed by atoms with Gasteiger partial charge in [-0.05, 0) is 31.2 Å². The van der Waals surface area contributed by atoms with Gasteiger partial charge in [-0.1, -0.05) is 5.16 Å². The standard InChI is InChI=1S/C18H18N4O5.K.H/c1-2-22-9-13(18(25)26)14(10-22)19-15(24)7-8-16-20-17(21-27-16)11-3-5-12(23)6-4-11;;/h3-6,9-10,23H,2,7-8H2,1H3,(H,19,24)(H,25,26);;/q;+1;-1. The first-order valence-electron chi connectivity index (χ1n) is 8.31. The van der Waals surface area contributed by atoms with Gasteiger partial charge in [0.25, 0.3) is 0 Å². The van der Waals surface area contributed by atoms with E-state index < -0.39 is 5.97 Å². The molecule has 0 aliphatic carbocycles. The van der Waals surface area contributed by atoms with Crippen LogP contribution in [0.4, 0.5) is 5.69 Å². The number of phenolic OH excluding ortho intramolecular Hbond substituents is 1. The van der Waals surface area contributed by atoms with Crippen molar-refractivity contribution in [1.82, 2.24) is 14.7 Å². The summed E-state index contributed by atoms with van der Waals surface area (Å²) in [7, 11) is 0. The van der Waals surface area contributed by atoms with Crippen LogP contribution in [0.25, 0.3) is 11.4 Å². The largest absolute Gasteiger partial charge is 1.00 e. The minimum absolute atomic E-state index is 0. The van der Waals surface area contributed by atoms with Crippen molar-refractivity contribution in [3.63, 3.8) is 0 Å². The van der Waals surface area contributed by atoms with E-state index >= 15 is 0 Å². The van der Waals surface area contributed by atoms with E-state index in [1.165, 1.54) is 18.3 Å². The SMILES string of the molecule is CCn1cc(NC(=O)CCc2nc(-c3ccc(O)cc3)no2)c(C(=O)O)c1.[H-].[K+]. The average Bonchev–Trinajstić information content (AvgIpc) is 3.27. The van der Waals surface area contributed by atoms with Crippen molar-refractivity contribution >= 4 is 17.6 Å². The Morgan fingerprint density at radius 3 is 2.61 bits per heavy atom. The van der Waals surface area contributed by atoms with Crippen LogP contribution in [0.15, 0.2) is 41.2 Å². The van der Waals surface area contributed by atoms with Crippen molar-refractivity contribution in [2.24, 2.45) is 0 Å². The van der Waals surface area contributed by atoms with E-state index in [0.29, 0.717) is 17.9 Å². The summed E-state index contributed by atoms with van der Waals surface area (Å²) < 4.78 is 6.81. The summed E-state index contributed by atoms with van der Waals surface area (Å²) >= 11 is 0. The maximum absolute atomic E-state index is 12.1. The summed E-state index contributed by atoms with van der Waals surface area (Å²) in [6, 6.07) is 6.34. The number of phenols is 1. The number of carboxylic acids is 1. The van der Waals surface area contributed by atoms with Crippen LogP contribution in [0.2, 0.25) is 0 Å². The third-order valence-corrected chi connectivity index (χ3v) is 3.91. The number of aromatic nitrogens is 3. The molecular formula is C18H19KN4O5. The molecule has 1 aromatic carbocycles. The van der Waals surface area contributed by atoms with Gasteiger partial charge in [-0.3, -0.25) is 4.79 Å². The van der Waals surface area contributed by atoms with Crippen LogP contribution < -0.4 is 56.7 Å². The first kappa shape index (κ1) is 22.3. The van der Waals surface area contributed by atoms with E-state index in [4.69, 9.17) is 4.52 Å². The number of aromatic carboxylic acids is 1. The molecule has 0 bridgehead atoms.